The molecule has 116 valence electrons. The number of unbranched alkanes of at least 4 members (excludes halogenated alkanes) is 2. The fourth-order valence-electron chi connectivity index (χ4n) is 2.05. The predicted molar refractivity (Wildman–Crippen MR) is 90.9 cm³/mol. The topological polar surface area (TPSA) is 38.3 Å². The number of benzene rings is 2. The molecule has 1 amide bonds. The molecule has 0 unspecified atom stereocenters. The van der Waals surface area contributed by atoms with Crippen LogP contribution in [0.2, 0.25) is 5.02 Å². The van der Waals surface area contributed by atoms with Gasteiger partial charge in [0, 0.05) is 10.7 Å². The van der Waals surface area contributed by atoms with Gasteiger partial charge in [0.05, 0.1) is 12.2 Å². The fourth-order valence-corrected chi connectivity index (χ4v) is 2.17. The van der Waals surface area contributed by atoms with Gasteiger partial charge in [0.1, 0.15) is 5.75 Å². The maximum atomic E-state index is 12.4. The summed E-state index contributed by atoms with van der Waals surface area (Å²) in [7, 11) is 0. The molecule has 0 bridgehead atoms. The van der Waals surface area contributed by atoms with Crippen molar-refractivity contribution in [2.24, 2.45) is 0 Å². The van der Waals surface area contributed by atoms with Crippen molar-refractivity contribution in [2.75, 3.05) is 11.9 Å². The number of anilines is 1. The Morgan fingerprint density at radius 2 is 1.82 bits per heavy atom. The first kappa shape index (κ1) is 16.4. The average Bonchev–Trinajstić information content (AvgIpc) is 2.54. The second kappa shape index (κ2) is 8.44. The highest BCUT2D eigenvalue weighted by molar-refractivity contribution is 6.30. The Hall–Kier alpha value is -2.00. The lowest BCUT2D eigenvalue weighted by molar-refractivity contribution is 0.102. The van der Waals surface area contributed by atoms with E-state index in [2.05, 4.69) is 12.2 Å². The third-order valence-electron chi connectivity index (χ3n) is 3.24. The third kappa shape index (κ3) is 4.78. The molecule has 0 aliphatic carbocycles. The van der Waals surface area contributed by atoms with Gasteiger partial charge in [-0.15, -0.1) is 0 Å². The number of para-hydroxylation sites is 1. The minimum Gasteiger partial charge on any atom is -0.493 e. The molecule has 2 rings (SSSR count). The molecule has 22 heavy (non-hydrogen) atoms. The van der Waals surface area contributed by atoms with E-state index in [1.165, 1.54) is 0 Å². The standard InChI is InChI=1S/C18H20ClNO2/c1-2-3-6-13-22-17-8-5-4-7-16(17)18(21)20-15-11-9-14(19)10-12-15/h4-5,7-12H,2-3,6,13H2,1H3,(H,20,21). The summed E-state index contributed by atoms with van der Waals surface area (Å²) < 4.78 is 5.74. The highest BCUT2D eigenvalue weighted by atomic mass is 35.5. The molecule has 0 heterocycles. The molecule has 4 heteroatoms. The number of carbonyl (C=O) groups is 1. The maximum absolute atomic E-state index is 12.4. The van der Waals surface area contributed by atoms with Crippen LogP contribution in [-0.2, 0) is 0 Å². The van der Waals surface area contributed by atoms with Crippen LogP contribution >= 0.6 is 11.6 Å². The molecule has 0 saturated heterocycles. The second-order valence-electron chi connectivity index (χ2n) is 5.01. The minimum absolute atomic E-state index is 0.187. The van der Waals surface area contributed by atoms with Gasteiger partial charge in [-0.3, -0.25) is 4.79 Å². The zero-order valence-corrected chi connectivity index (χ0v) is 13.4. The van der Waals surface area contributed by atoms with E-state index < -0.39 is 0 Å². The minimum atomic E-state index is -0.187. The number of hydrogen-bond donors (Lipinski definition) is 1. The van der Waals surface area contributed by atoms with E-state index in [4.69, 9.17) is 16.3 Å². The van der Waals surface area contributed by atoms with Crippen LogP contribution < -0.4 is 10.1 Å². The number of halogens is 1. The number of carbonyl (C=O) groups excluding carboxylic acids is 1. The van der Waals surface area contributed by atoms with E-state index >= 15 is 0 Å². The van der Waals surface area contributed by atoms with Crippen molar-refractivity contribution < 1.29 is 9.53 Å². The monoisotopic (exact) mass is 317 g/mol. The number of rotatable bonds is 7. The summed E-state index contributed by atoms with van der Waals surface area (Å²) in [6.07, 6.45) is 3.25. The summed E-state index contributed by atoms with van der Waals surface area (Å²) in [6, 6.07) is 14.3. The molecule has 3 nitrogen and oxygen atoms in total. The number of nitrogens with one attached hydrogen (secondary N) is 1. The summed E-state index contributed by atoms with van der Waals surface area (Å²) in [5.74, 6) is 0.429. The molecule has 0 atom stereocenters. The fraction of sp³-hybridized carbons (Fsp3) is 0.278. The first-order chi connectivity index (χ1) is 10.7. The number of ether oxygens (including phenoxy) is 1. The van der Waals surface area contributed by atoms with Crippen molar-refractivity contribution in [1.82, 2.24) is 0 Å². The van der Waals surface area contributed by atoms with Crippen LogP contribution in [-0.4, -0.2) is 12.5 Å². The van der Waals surface area contributed by atoms with Gasteiger partial charge < -0.3 is 10.1 Å². The SMILES string of the molecule is CCCCCOc1ccccc1C(=O)Nc1ccc(Cl)cc1. The zero-order valence-electron chi connectivity index (χ0n) is 12.6. The predicted octanol–water partition coefficient (Wildman–Crippen LogP) is 5.16. The molecule has 2 aromatic carbocycles. The third-order valence-corrected chi connectivity index (χ3v) is 3.49. The van der Waals surface area contributed by atoms with Crippen LogP contribution in [0.3, 0.4) is 0 Å². The summed E-state index contributed by atoms with van der Waals surface area (Å²) in [4.78, 5) is 12.4. The van der Waals surface area contributed by atoms with E-state index in [0.29, 0.717) is 28.6 Å². The van der Waals surface area contributed by atoms with Crippen molar-refractivity contribution in [1.29, 1.82) is 0 Å². The van der Waals surface area contributed by atoms with Gasteiger partial charge in [0.25, 0.3) is 5.91 Å². The lowest BCUT2D eigenvalue weighted by atomic mass is 10.2. The molecule has 0 radical (unpaired) electrons. The zero-order chi connectivity index (χ0) is 15.8. The smallest absolute Gasteiger partial charge is 0.259 e. The Balaban J connectivity index is 2.03. The quantitative estimate of drug-likeness (QED) is 0.716. The van der Waals surface area contributed by atoms with E-state index in [9.17, 15) is 4.79 Å². The lowest BCUT2D eigenvalue weighted by Crippen LogP contribution is -2.13. The van der Waals surface area contributed by atoms with Gasteiger partial charge in [-0.05, 0) is 42.8 Å². The van der Waals surface area contributed by atoms with Gasteiger partial charge in [-0.1, -0.05) is 43.5 Å². The van der Waals surface area contributed by atoms with Crippen LogP contribution in [0.1, 0.15) is 36.5 Å². The highest BCUT2D eigenvalue weighted by Gasteiger charge is 2.12. The van der Waals surface area contributed by atoms with E-state index in [1.807, 2.05) is 18.2 Å². The molecule has 0 saturated carbocycles. The van der Waals surface area contributed by atoms with Gasteiger partial charge in [0.2, 0.25) is 0 Å². The van der Waals surface area contributed by atoms with Crippen LogP contribution in [0.5, 0.6) is 5.75 Å². The van der Waals surface area contributed by atoms with Crippen molar-refractivity contribution >= 4 is 23.2 Å². The normalized spacial score (nSPS) is 10.3. The van der Waals surface area contributed by atoms with E-state index in [0.717, 1.165) is 19.3 Å². The van der Waals surface area contributed by atoms with Crippen LogP contribution in [0.25, 0.3) is 0 Å². The molecule has 2 aromatic rings. The Kier molecular flexibility index (Phi) is 6.28. The van der Waals surface area contributed by atoms with Gasteiger partial charge in [-0.25, -0.2) is 0 Å². The maximum Gasteiger partial charge on any atom is 0.259 e. The largest absolute Gasteiger partial charge is 0.493 e. The average molecular weight is 318 g/mol. The molecule has 0 spiro atoms. The summed E-state index contributed by atoms with van der Waals surface area (Å²) in [5.41, 5.74) is 1.24. The van der Waals surface area contributed by atoms with Gasteiger partial charge >= 0.3 is 0 Å². The Bertz CT molecular complexity index is 611. The van der Waals surface area contributed by atoms with Crippen molar-refractivity contribution in [3.63, 3.8) is 0 Å². The Morgan fingerprint density at radius 1 is 1.09 bits per heavy atom. The first-order valence-electron chi connectivity index (χ1n) is 7.49. The Morgan fingerprint density at radius 3 is 2.55 bits per heavy atom. The van der Waals surface area contributed by atoms with E-state index in [1.54, 1.807) is 30.3 Å². The number of hydrogen-bond acceptors (Lipinski definition) is 2. The summed E-state index contributed by atoms with van der Waals surface area (Å²) in [6.45, 7) is 2.77. The molecular formula is C18H20ClNO2. The van der Waals surface area contributed by atoms with Crippen molar-refractivity contribution in [2.45, 2.75) is 26.2 Å². The Labute approximate surface area is 136 Å². The second-order valence-corrected chi connectivity index (χ2v) is 5.45. The highest BCUT2D eigenvalue weighted by Crippen LogP contribution is 2.21. The molecule has 0 aliphatic heterocycles. The van der Waals surface area contributed by atoms with Gasteiger partial charge in [-0.2, -0.15) is 0 Å². The van der Waals surface area contributed by atoms with Crippen molar-refractivity contribution in [3.8, 4) is 5.75 Å². The van der Waals surface area contributed by atoms with Crippen molar-refractivity contribution in [3.05, 3.63) is 59.1 Å². The van der Waals surface area contributed by atoms with Gasteiger partial charge in [0.15, 0.2) is 0 Å². The molecule has 1 N–H and O–H groups in total. The van der Waals surface area contributed by atoms with Crippen LogP contribution in [0, 0.1) is 0 Å². The van der Waals surface area contributed by atoms with Crippen LogP contribution in [0.4, 0.5) is 5.69 Å². The first-order valence-corrected chi connectivity index (χ1v) is 7.87. The number of amides is 1. The summed E-state index contributed by atoms with van der Waals surface area (Å²) >= 11 is 5.84. The molecule has 0 fully saturated rings. The van der Waals surface area contributed by atoms with Crippen LogP contribution in [0.15, 0.2) is 48.5 Å². The van der Waals surface area contributed by atoms with E-state index in [-0.39, 0.29) is 5.91 Å². The lowest BCUT2D eigenvalue weighted by Gasteiger charge is -2.11. The summed E-state index contributed by atoms with van der Waals surface area (Å²) in [5, 5.41) is 3.49. The molecule has 0 aromatic heterocycles. The molecular weight excluding hydrogens is 298 g/mol. The molecule has 0 aliphatic rings.